The van der Waals surface area contributed by atoms with Crippen LogP contribution >= 0.6 is 11.6 Å². The van der Waals surface area contributed by atoms with E-state index in [0.29, 0.717) is 28.8 Å². The average molecular weight is 404 g/mol. The third kappa shape index (κ3) is 6.32. The van der Waals surface area contributed by atoms with Crippen LogP contribution in [0.2, 0.25) is 5.02 Å². The monoisotopic (exact) mass is 403 g/mol. The third-order valence-corrected chi connectivity index (χ3v) is 3.93. The van der Waals surface area contributed by atoms with E-state index >= 15 is 0 Å². The fourth-order valence-corrected chi connectivity index (χ4v) is 2.40. The number of benzene rings is 2. The molecule has 7 heteroatoms. The molecule has 1 amide bonds. The van der Waals surface area contributed by atoms with Crippen LogP contribution in [-0.4, -0.2) is 31.7 Å². The van der Waals surface area contributed by atoms with Crippen molar-refractivity contribution in [1.29, 1.82) is 0 Å². The molecule has 2 rings (SSSR count). The lowest BCUT2D eigenvalue weighted by molar-refractivity contribution is -0.148. The van der Waals surface area contributed by atoms with Crippen molar-refractivity contribution in [3.8, 4) is 11.5 Å². The van der Waals surface area contributed by atoms with Crippen LogP contribution in [0.15, 0.2) is 48.5 Å². The van der Waals surface area contributed by atoms with Crippen LogP contribution in [0, 0.1) is 0 Å². The Balaban J connectivity index is 1.93. The second-order valence-electron chi connectivity index (χ2n) is 5.75. The number of rotatable bonds is 8. The maximum atomic E-state index is 12.1. The number of amides is 1. The molecule has 0 radical (unpaired) electrons. The fourth-order valence-electron chi connectivity index (χ4n) is 2.27. The minimum Gasteiger partial charge on any atom is -0.493 e. The molecular formula is C21H22ClNO5. The van der Waals surface area contributed by atoms with Crippen LogP contribution in [0.25, 0.3) is 6.08 Å². The SMILES string of the molecule is CCOc1ccc(/C=C/C(=O)O[C@H](C)C(=O)Nc2ccc(Cl)cc2)cc1OC. The van der Waals surface area contributed by atoms with Crippen LogP contribution < -0.4 is 14.8 Å². The highest BCUT2D eigenvalue weighted by Crippen LogP contribution is 2.28. The van der Waals surface area contributed by atoms with Gasteiger partial charge in [0.15, 0.2) is 17.6 Å². The molecule has 2 aromatic rings. The van der Waals surface area contributed by atoms with Crippen molar-refractivity contribution in [2.75, 3.05) is 19.0 Å². The van der Waals surface area contributed by atoms with E-state index < -0.39 is 18.0 Å². The molecule has 28 heavy (non-hydrogen) atoms. The van der Waals surface area contributed by atoms with Gasteiger partial charge in [0.05, 0.1) is 13.7 Å². The molecule has 1 atom stereocenters. The van der Waals surface area contributed by atoms with Crippen molar-refractivity contribution >= 4 is 35.2 Å². The number of methoxy groups -OCH3 is 1. The average Bonchev–Trinajstić information content (AvgIpc) is 2.69. The summed E-state index contributed by atoms with van der Waals surface area (Å²) in [7, 11) is 1.54. The van der Waals surface area contributed by atoms with Gasteiger partial charge in [-0.1, -0.05) is 17.7 Å². The van der Waals surface area contributed by atoms with Crippen molar-refractivity contribution in [3.05, 3.63) is 59.1 Å². The molecule has 0 aliphatic carbocycles. The first kappa shape index (κ1) is 21.3. The predicted molar refractivity (Wildman–Crippen MR) is 109 cm³/mol. The summed E-state index contributed by atoms with van der Waals surface area (Å²) < 4.78 is 15.8. The van der Waals surface area contributed by atoms with E-state index in [1.165, 1.54) is 13.0 Å². The van der Waals surface area contributed by atoms with Gasteiger partial charge in [0.2, 0.25) is 0 Å². The zero-order valence-corrected chi connectivity index (χ0v) is 16.7. The van der Waals surface area contributed by atoms with Gasteiger partial charge in [-0.3, -0.25) is 4.79 Å². The molecule has 1 N–H and O–H groups in total. The van der Waals surface area contributed by atoms with Crippen molar-refractivity contribution < 1.29 is 23.8 Å². The molecule has 6 nitrogen and oxygen atoms in total. The number of nitrogens with one attached hydrogen (secondary N) is 1. The lowest BCUT2D eigenvalue weighted by atomic mass is 10.2. The second-order valence-corrected chi connectivity index (χ2v) is 6.19. The van der Waals surface area contributed by atoms with Gasteiger partial charge in [-0.2, -0.15) is 0 Å². The number of esters is 1. The highest BCUT2D eigenvalue weighted by molar-refractivity contribution is 6.30. The quantitative estimate of drug-likeness (QED) is 0.524. The predicted octanol–water partition coefficient (Wildman–Crippen LogP) is 4.33. The number of anilines is 1. The number of hydrogen-bond donors (Lipinski definition) is 1. The van der Waals surface area contributed by atoms with Gasteiger partial charge in [-0.05, 0) is 61.9 Å². The summed E-state index contributed by atoms with van der Waals surface area (Å²) >= 11 is 5.80. The molecule has 0 saturated carbocycles. The van der Waals surface area contributed by atoms with Gasteiger partial charge >= 0.3 is 5.97 Å². The van der Waals surface area contributed by atoms with E-state index in [-0.39, 0.29) is 0 Å². The Morgan fingerprint density at radius 3 is 2.50 bits per heavy atom. The van der Waals surface area contributed by atoms with E-state index in [9.17, 15) is 9.59 Å². The summed E-state index contributed by atoms with van der Waals surface area (Å²) in [5.74, 6) is 0.115. The van der Waals surface area contributed by atoms with Crippen LogP contribution in [0.4, 0.5) is 5.69 Å². The largest absolute Gasteiger partial charge is 0.493 e. The normalized spacial score (nSPS) is 11.7. The van der Waals surface area contributed by atoms with E-state index in [2.05, 4.69) is 5.32 Å². The van der Waals surface area contributed by atoms with Crippen LogP contribution in [0.1, 0.15) is 19.4 Å². The summed E-state index contributed by atoms with van der Waals surface area (Å²) in [4.78, 5) is 24.1. The molecule has 0 bridgehead atoms. The number of carbonyl (C=O) groups is 2. The van der Waals surface area contributed by atoms with Gasteiger partial charge < -0.3 is 19.5 Å². The van der Waals surface area contributed by atoms with Gasteiger partial charge in [0, 0.05) is 16.8 Å². The molecule has 0 unspecified atom stereocenters. The summed E-state index contributed by atoms with van der Waals surface area (Å²) in [6.45, 7) is 3.90. The zero-order valence-electron chi connectivity index (χ0n) is 15.9. The lowest BCUT2D eigenvalue weighted by Crippen LogP contribution is -2.29. The highest BCUT2D eigenvalue weighted by Gasteiger charge is 2.16. The maximum Gasteiger partial charge on any atom is 0.331 e. The van der Waals surface area contributed by atoms with Crippen LogP contribution in [-0.2, 0) is 14.3 Å². The molecule has 0 saturated heterocycles. The number of halogens is 1. The van der Waals surface area contributed by atoms with Gasteiger partial charge in [0.25, 0.3) is 5.91 Å². The lowest BCUT2D eigenvalue weighted by Gasteiger charge is -2.12. The first-order valence-electron chi connectivity index (χ1n) is 8.69. The third-order valence-electron chi connectivity index (χ3n) is 3.67. The molecule has 0 fully saturated rings. The molecule has 0 heterocycles. The van der Waals surface area contributed by atoms with Crippen LogP contribution in [0.3, 0.4) is 0 Å². The molecule has 0 aromatic heterocycles. The van der Waals surface area contributed by atoms with E-state index in [1.807, 2.05) is 6.92 Å². The standard InChI is InChI=1S/C21H22ClNO5/c1-4-27-18-11-5-15(13-19(18)26-3)6-12-20(24)28-14(2)21(25)23-17-9-7-16(22)8-10-17/h5-14H,4H2,1-3H3,(H,23,25)/b12-6+/t14-/m1/s1. The van der Waals surface area contributed by atoms with Gasteiger partial charge in [-0.15, -0.1) is 0 Å². The summed E-state index contributed by atoms with van der Waals surface area (Å²) in [5.41, 5.74) is 1.30. The van der Waals surface area contributed by atoms with Crippen molar-refractivity contribution in [3.63, 3.8) is 0 Å². The van der Waals surface area contributed by atoms with Crippen LogP contribution in [0.5, 0.6) is 11.5 Å². The Morgan fingerprint density at radius 1 is 1.14 bits per heavy atom. The Bertz CT molecular complexity index is 848. The van der Waals surface area contributed by atoms with Gasteiger partial charge in [0.1, 0.15) is 0 Å². The van der Waals surface area contributed by atoms with E-state index in [4.69, 9.17) is 25.8 Å². The second kappa shape index (κ2) is 10.4. The minimum atomic E-state index is -0.956. The number of ether oxygens (including phenoxy) is 3. The Hall–Kier alpha value is -2.99. The van der Waals surface area contributed by atoms with Gasteiger partial charge in [-0.25, -0.2) is 4.79 Å². The Kier molecular flexibility index (Phi) is 7.89. The summed E-state index contributed by atoms with van der Waals surface area (Å²) in [6, 6.07) is 11.9. The molecule has 0 aliphatic rings. The first-order valence-corrected chi connectivity index (χ1v) is 9.06. The highest BCUT2D eigenvalue weighted by atomic mass is 35.5. The fraction of sp³-hybridized carbons (Fsp3) is 0.238. The smallest absolute Gasteiger partial charge is 0.331 e. The van der Waals surface area contributed by atoms with Crippen molar-refractivity contribution in [2.45, 2.75) is 20.0 Å². The van der Waals surface area contributed by atoms with Crippen molar-refractivity contribution in [1.82, 2.24) is 0 Å². The Morgan fingerprint density at radius 2 is 1.86 bits per heavy atom. The Labute approximate surface area is 169 Å². The molecular weight excluding hydrogens is 382 g/mol. The topological polar surface area (TPSA) is 73.9 Å². The van der Waals surface area contributed by atoms with E-state index in [1.54, 1.807) is 55.7 Å². The molecule has 0 spiro atoms. The zero-order chi connectivity index (χ0) is 20.5. The molecule has 2 aromatic carbocycles. The first-order chi connectivity index (χ1) is 13.4. The molecule has 0 aliphatic heterocycles. The summed E-state index contributed by atoms with van der Waals surface area (Å²) in [6.07, 6.45) is 1.87. The minimum absolute atomic E-state index is 0.438. The van der Waals surface area contributed by atoms with Crippen molar-refractivity contribution in [2.24, 2.45) is 0 Å². The number of hydrogen-bond acceptors (Lipinski definition) is 5. The maximum absolute atomic E-state index is 12.1. The number of carbonyl (C=O) groups excluding carboxylic acids is 2. The molecule has 148 valence electrons. The van der Waals surface area contributed by atoms with E-state index in [0.717, 1.165) is 5.56 Å². The summed E-state index contributed by atoms with van der Waals surface area (Å²) in [5, 5.41) is 3.22.